The first-order valence-electron chi connectivity index (χ1n) is 12.4. The normalized spacial score (nSPS) is 16.1. The molecule has 0 aromatic heterocycles. The van der Waals surface area contributed by atoms with Crippen LogP contribution in [0, 0.1) is 62.9 Å². The zero-order valence-electron chi connectivity index (χ0n) is 21.6. The Bertz CT molecular complexity index is 1080. The van der Waals surface area contributed by atoms with Crippen LogP contribution < -0.4 is 15.9 Å². The fourth-order valence-electron chi connectivity index (χ4n) is 4.07. The molecule has 6 heteroatoms. The van der Waals surface area contributed by atoms with Crippen LogP contribution in [0.3, 0.4) is 0 Å². The average molecular weight is 575 g/mol. The van der Waals surface area contributed by atoms with Crippen LogP contribution in [0.4, 0.5) is 0 Å². The predicted octanol–water partition coefficient (Wildman–Crippen LogP) is 4.77. The van der Waals surface area contributed by atoms with Gasteiger partial charge in [0.15, 0.2) is 0 Å². The van der Waals surface area contributed by atoms with E-state index in [9.17, 15) is 9.59 Å². The minimum atomic E-state index is -0.690. The van der Waals surface area contributed by atoms with Crippen LogP contribution in [-0.4, -0.2) is 25.0 Å². The maximum absolute atomic E-state index is 12.0. The molecule has 10 radical (unpaired) electrons. The number of carbonyl (C=O) groups excluding carboxylic acids is 2. The zero-order valence-corrected chi connectivity index (χ0v) is 23.6. The molecule has 0 bridgehead atoms. The first-order chi connectivity index (χ1) is 18.7. The molecule has 1 amide bonds. The van der Waals surface area contributed by atoms with E-state index in [1.54, 1.807) is 25.7 Å². The number of hydrogen-bond donors (Lipinski definition) is 1. The molecule has 4 nitrogen and oxygen atoms in total. The van der Waals surface area contributed by atoms with Crippen molar-refractivity contribution >= 4 is 30.4 Å². The van der Waals surface area contributed by atoms with Crippen molar-refractivity contribution in [2.45, 2.75) is 12.5 Å². The fraction of sp³-hybridized carbons (Fsp3) is 0.0909. The maximum Gasteiger partial charge on any atom is 2.00 e. The molecule has 2 aliphatic carbocycles. The van der Waals surface area contributed by atoms with E-state index in [2.05, 4.69) is 91.7 Å². The van der Waals surface area contributed by atoms with Crippen molar-refractivity contribution in [3.8, 4) is 0 Å². The van der Waals surface area contributed by atoms with Crippen molar-refractivity contribution in [1.29, 1.82) is 0 Å². The molecule has 5 rings (SSSR count). The van der Waals surface area contributed by atoms with Crippen LogP contribution >= 0.6 is 7.92 Å². The van der Waals surface area contributed by atoms with Crippen molar-refractivity contribution in [3.63, 3.8) is 0 Å². The summed E-state index contributed by atoms with van der Waals surface area (Å²) in [6, 6.07) is 30.4. The molecule has 1 N–H and O–H groups in total. The fourth-order valence-corrected chi connectivity index (χ4v) is 6.37. The molecule has 3 aromatic rings. The molecule has 2 aliphatic rings. The molecule has 196 valence electrons. The summed E-state index contributed by atoms with van der Waals surface area (Å²) < 4.78 is 4.75. The van der Waals surface area contributed by atoms with Crippen LogP contribution in [0.15, 0.2) is 91.0 Å². The maximum atomic E-state index is 12.0. The number of nitrogens with one attached hydrogen (secondary N) is 1. The number of amides is 1. The van der Waals surface area contributed by atoms with E-state index < -0.39 is 19.9 Å². The zero-order chi connectivity index (χ0) is 26.6. The van der Waals surface area contributed by atoms with E-state index >= 15 is 0 Å². The van der Waals surface area contributed by atoms with Crippen molar-refractivity contribution in [2.24, 2.45) is 0 Å². The molecule has 0 aliphatic heterocycles. The summed E-state index contributed by atoms with van der Waals surface area (Å²) in [7, 11) is 0.906. The summed E-state index contributed by atoms with van der Waals surface area (Å²) >= 11 is 0. The van der Waals surface area contributed by atoms with Gasteiger partial charge in [-0.1, -0.05) is 91.0 Å². The molecule has 0 heterocycles. The molecular formula is C33H30FeNO3P+2. The number of benzene rings is 3. The molecule has 2 saturated carbocycles. The van der Waals surface area contributed by atoms with Crippen LogP contribution in [0.2, 0.25) is 0 Å². The van der Waals surface area contributed by atoms with Gasteiger partial charge in [0.1, 0.15) is 6.04 Å². The quantitative estimate of drug-likeness (QED) is 0.239. The Balaban J connectivity index is 0.000000211. The number of ether oxygens (including phenoxy) is 1. The second kappa shape index (κ2) is 16.6. The summed E-state index contributed by atoms with van der Waals surface area (Å²) in [6.45, 7) is 0. The first-order valence-corrected chi connectivity index (χ1v) is 13.8. The molecule has 0 spiro atoms. The van der Waals surface area contributed by atoms with Gasteiger partial charge in [-0.25, -0.2) is 4.79 Å². The monoisotopic (exact) mass is 575 g/mol. The van der Waals surface area contributed by atoms with Gasteiger partial charge in [-0.05, 0) is 75.5 Å². The van der Waals surface area contributed by atoms with Crippen molar-refractivity contribution in [3.05, 3.63) is 160 Å². The summed E-state index contributed by atoms with van der Waals surface area (Å²) in [4.78, 5) is 23.8. The first kappa shape index (κ1) is 31.1. The summed E-state index contributed by atoms with van der Waals surface area (Å²) in [6.07, 6.45) is 16.1. The van der Waals surface area contributed by atoms with Gasteiger partial charge in [0.2, 0.25) is 5.91 Å². The van der Waals surface area contributed by atoms with Gasteiger partial charge in [-0.2, -0.15) is 0 Å². The Kier molecular flexibility index (Phi) is 13.2. The van der Waals surface area contributed by atoms with E-state index in [4.69, 9.17) is 4.74 Å². The largest absolute Gasteiger partial charge is 2.00 e. The average Bonchev–Trinajstić information content (AvgIpc) is 3.70. The Morgan fingerprint density at radius 3 is 1.67 bits per heavy atom. The number of rotatable bonds is 8. The third-order valence-electron chi connectivity index (χ3n) is 5.93. The van der Waals surface area contributed by atoms with Gasteiger partial charge < -0.3 is 10.1 Å². The topological polar surface area (TPSA) is 55.4 Å². The second-order valence-electron chi connectivity index (χ2n) is 8.56. The van der Waals surface area contributed by atoms with E-state index in [-0.39, 0.29) is 23.0 Å². The molecule has 1 atom stereocenters. The Morgan fingerprint density at radius 1 is 0.718 bits per heavy atom. The van der Waals surface area contributed by atoms with Crippen molar-refractivity contribution in [2.75, 3.05) is 7.11 Å². The van der Waals surface area contributed by atoms with Crippen molar-refractivity contribution in [1.82, 2.24) is 5.32 Å². The number of methoxy groups -OCH3 is 1. The van der Waals surface area contributed by atoms with Gasteiger partial charge >= 0.3 is 23.0 Å². The molecule has 3 aromatic carbocycles. The van der Waals surface area contributed by atoms with Crippen LogP contribution in [0.1, 0.15) is 5.56 Å². The van der Waals surface area contributed by atoms with Gasteiger partial charge in [-0.15, -0.1) is 0 Å². The number of esters is 1. The summed E-state index contributed by atoms with van der Waals surface area (Å²) in [5.41, 5.74) is 2.38. The Hall–Kier alpha value is -2.45. The number of carbonyl (C=O) groups is 2. The molecule has 0 unspecified atom stereocenters. The SMILES string of the molecule is COC(=O)[C@H](Cc1ccccc1)NC(=O)[C]1[CH][CH][CH][CH]1.[CH]1[CH][CH][C](P(c2ccccc2)c2ccccc2)[CH]1.[Fe+2]. The van der Waals surface area contributed by atoms with Gasteiger partial charge in [0.05, 0.1) is 13.0 Å². The third kappa shape index (κ3) is 9.31. The third-order valence-corrected chi connectivity index (χ3v) is 8.37. The Morgan fingerprint density at radius 2 is 1.18 bits per heavy atom. The smallest absolute Gasteiger partial charge is 0.467 e. The number of hydrogen-bond acceptors (Lipinski definition) is 3. The van der Waals surface area contributed by atoms with Crippen LogP contribution in [0.25, 0.3) is 0 Å². The van der Waals surface area contributed by atoms with Crippen molar-refractivity contribution < 1.29 is 31.4 Å². The molecule has 2 fully saturated rings. The van der Waals surface area contributed by atoms with Gasteiger partial charge in [-0.3, -0.25) is 4.79 Å². The molecule has 0 saturated heterocycles. The minimum absolute atomic E-state index is 0. The van der Waals surface area contributed by atoms with E-state index in [0.29, 0.717) is 12.3 Å². The van der Waals surface area contributed by atoms with Gasteiger partial charge in [0.25, 0.3) is 0 Å². The Labute approximate surface area is 245 Å². The second-order valence-corrected chi connectivity index (χ2v) is 10.8. The van der Waals surface area contributed by atoms with Crippen LogP contribution in [-0.2, 0) is 37.8 Å². The predicted molar refractivity (Wildman–Crippen MR) is 154 cm³/mol. The van der Waals surface area contributed by atoms with E-state index in [0.717, 1.165) is 5.56 Å². The standard InChI is InChI=1S/C17H14P.C16H16NO3.Fe/c1-3-9-15(10-4-1)18(17-13-7-8-14-17)16-11-5-2-6-12-16;1-20-16(19)14(11-12-7-3-2-4-8-12)17-15(18)13-9-5-6-10-13;/h1-14H;2-10,14H,11H2,1H3,(H,17,18);/q;;+2/t;14-;/m.0./s1. The van der Waals surface area contributed by atoms with Crippen LogP contribution in [0.5, 0.6) is 0 Å². The summed E-state index contributed by atoms with van der Waals surface area (Å²) in [5, 5.41) is 5.52. The van der Waals surface area contributed by atoms with E-state index in [1.165, 1.54) is 23.4 Å². The van der Waals surface area contributed by atoms with Gasteiger partial charge in [0, 0.05) is 12.1 Å². The minimum Gasteiger partial charge on any atom is -0.467 e. The summed E-state index contributed by atoms with van der Waals surface area (Å²) in [5.74, 6) is -0.193. The molecular weight excluding hydrogens is 545 g/mol. The molecule has 39 heavy (non-hydrogen) atoms. The van der Waals surface area contributed by atoms with E-state index in [1.807, 2.05) is 30.3 Å².